The Morgan fingerprint density at radius 2 is 1.88 bits per heavy atom. The first-order valence-electron chi connectivity index (χ1n) is 10.4. The van der Waals surface area contributed by atoms with Crippen LogP contribution < -0.4 is 10.7 Å². The Bertz CT molecular complexity index is 1350. The van der Waals surface area contributed by atoms with Crippen LogP contribution >= 0.6 is 0 Å². The molecule has 0 saturated carbocycles. The summed E-state index contributed by atoms with van der Waals surface area (Å²) in [6.07, 6.45) is 0.886. The lowest BCUT2D eigenvalue weighted by Crippen LogP contribution is -2.16. The second kappa shape index (κ2) is 9.08. The number of oxazole rings is 1. The zero-order chi connectivity index (χ0) is 22.7. The molecule has 0 fully saturated rings. The summed E-state index contributed by atoms with van der Waals surface area (Å²) in [6, 6.07) is 16.8. The first-order chi connectivity index (χ1) is 15.5. The largest absolute Gasteiger partial charge is 0.455 e. The van der Waals surface area contributed by atoms with E-state index in [1.54, 1.807) is 25.1 Å². The summed E-state index contributed by atoms with van der Waals surface area (Å²) in [5.41, 5.74) is 2.31. The number of nitriles is 1. The SMILES string of the molecule is Cc1c(-c2ccccc2)oc2c(-c3nc(C#N)c(NCCCN(C)C)o3)cccc2c1=O. The third-order valence-electron chi connectivity index (χ3n) is 5.21. The van der Waals surface area contributed by atoms with Gasteiger partial charge in [-0.3, -0.25) is 4.79 Å². The molecule has 4 rings (SSSR count). The topological polar surface area (TPSA) is 95.3 Å². The van der Waals surface area contributed by atoms with Gasteiger partial charge in [-0.1, -0.05) is 36.4 Å². The van der Waals surface area contributed by atoms with Gasteiger partial charge in [-0.15, -0.1) is 0 Å². The number of para-hydroxylation sites is 1. The van der Waals surface area contributed by atoms with E-state index in [4.69, 9.17) is 8.83 Å². The van der Waals surface area contributed by atoms with E-state index in [2.05, 4.69) is 21.3 Å². The van der Waals surface area contributed by atoms with Gasteiger partial charge in [0.1, 0.15) is 11.8 Å². The van der Waals surface area contributed by atoms with Crippen molar-refractivity contribution in [2.75, 3.05) is 32.5 Å². The van der Waals surface area contributed by atoms with E-state index in [0.29, 0.717) is 40.3 Å². The van der Waals surface area contributed by atoms with Gasteiger partial charge < -0.3 is 19.1 Å². The van der Waals surface area contributed by atoms with Crippen molar-refractivity contribution in [3.63, 3.8) is 0 Å². The minimum Gasteiger partial charge on any atom is -0.455 e. The molecule has 0 saturated heterocycles. The van der Waals surface area contributed by atoms with Crippen LogP contribution in [0.1, 0.15) is 17.7 Å². The first kappa shape index (κ1) is 21.3. The average molecular weight is 428 g/mol. The maximum Gasteiger partial charge on any atom is 0.233 e. The molecular weight excluding hydrogens is 404 g/mol. The van der Waals surface area contributed by atoms with Crippen LogP contribution in [0.2, 0.25) is 0 Å². The fraction of sp³-hybridized carbons (Fsp3) is 0.240. The lowest BCUT2D eigenvalue weighted by Gasteiger charge is -2.09. The number of nitrogens with zero attached hydrogens (tertiary/aromatic N) is 3. The van der Waals surface area contributed by atoms with Crippen molar-refractivity contribution < 1.29 is 8.83 Å². The van der Waals surface area contributed by atoms with Gasteiger partial charge >= 0.3 is 0 Å². The molecule has 0 atom stereocenters. The molecule has 0 amide bonds. The van der Waals surface area contributed by atoms with Crippen molar-refractivity contribution in [1.29, 1.82) is 5.26 Å². The Morgan fingerprint density at radius 3 is 2.59 bits per heavy atom. The highest BCUT2D eigenvalue weighted by atomic mass is 16.4. The molecule has 0 bridgehead atoms. The quantitative estimate of drug-likeness (QED) is 0.428. The Kier molecular flexibility index (Phi) is 6.06. The molecule has 4 aromatic rings. The maximum absolute atomic E-state index is 13.1. The van der Waals surface area contributed by atoms with Crippen LogP contribution in [-0.2, 0) is 0 Å². The summed E-state index contributed by atoms with van der Waals surface area (Å²) >= 11 is 0. The number of hydrogen-bond donors (Lipinski definition) is 1. The number of rotatable bonds is 7. The van der Waals surface area contributed by atoms with Crippen LogP contribution in [0.5, 0.6) is 0 Å². The zero-order valence-corrected chi connectivity index (χ0v) is 18.3. The first-order valence-corrected chi connectivity index (χ1v) is 10.4. The molecule has 0 aliphatic carbocycles. The number of hydrogen-bond acceptors (Lipinski definition) is 7. The van der Waals surface area contributed by atoms with Crippen molar-refractivity contribution in [2.45, 2.75) is 13.3 Å². The molecule has 1 N–H and O–H groups in total. The van der Waals surface area contributed by atoms with Crippen LogP contribution in [0, 0.1) is 18.3 Å². The van der Waals surface area contributed by atoms with E-state index in [0.717, 1.165) is 18.5 Å². The number of nitrogens with one attached hydrogen (secondary N) is 1. The molecule has 0 aliphatic heterocycles. The number of aromatic nitrogens is 1. The van der Waals surface area contributed by atoms with Gasteiger partial charge in [-0.25, -0.2) is 0 Å². The predicted octanol–water partition coefficient (Wildman–Crippen LogP) is 4.66. The second-order valence-electron chi connectivity index (χ2n) is 7.83. The van der Waals surface area contributed by atoms with E-state index < -0.39 is 0 Å². The Labute approximate surface area is 185 Å². The smallest absolute Gasteiger partial charge is 0.233 e. The average Bonchev–Trinajstić information content (AvgIpc) is 3.22. The summed E-state index contributed by atoms with van der Waals surface area (Å²) in [5, 5.41) is 13.1. The highest BCUT2D eigenvalue weighted by Crippen LogP contribution is 2.33. The van der Waals surface area contributed by atoms with E-state index in [1.165, 1.54) is 0 Å². The molecule has 0 unspecified atom stereocenters. The number of fused-ring (bicyclic) bond motifs is 1. The summed E-state index contributed by atoms with van der Waals surface area (Å²) < 4.78 is 12.1. The van der Waals surface area contributed by atoms with Crippen LogP contribution in [0.4, 0.5) is 5.88 Å². The summed E-state index contributed by atoms with van der Waals surface area (Å²) in [5.74, 6) is 1.05. The zero-order valence-electron chi connectivity index (χ0n) is 18.3. The van der Waals surface area contributed by atoms with Crippen molar-refractivity contribution in [3.05, 3.63) is 70.0 Å². The van der Waals surface area contributed by atoms with Crippen LogP contribution in [0.15, 0.2) is 62.2 Å². The van der Waals surface area contributed by atoms with Gasteiger partial charge in [0, 0.05) is 17.7 Å². The van der Waals surface area contributed by atoms with Gasteiger partial charge in [0.25, 0.3) is 0 Å². The molecule has 0 aliphatic rings. The lowest BCUT2D eigenvalue weighted by atomic mass is 10.0. The van der Waals surface area contributed by atoms with Gasteiger partial charge in [-0.05, 0) is 46.1 Å². The number of anilines is 1. The van der Waals surface area contributed by atoms with Crippen LogP contribution in [-0.4, -0.2) is 37.1 Å². The Morgan fingerprint density at radius 1 is 1.09 bits per heavy atom. The van der Waals surface area contributed by atoms with E-state index in [1.807, 2.05) is 44.4 Å². The van der Waals surface area contributed by atoms with Gasteiger partial charge in [-0.2, -0.15) is 10.2 Å². The molecule has 7 heteroatoms. The molecule has 2 heterocycles. The minimum absolute atomic E-state index is 0.110. The fourth-order valence-corrected chi connectivity index (χ4v) is 3.57. The third-order valence-corrected chi connectivity index (χ3v) is 5.21. The Hall–Kier alpha value is -3.89. The lowest BCUT2D eigenvalue weighted by molar-refractivity contribution is 0.404. The Balaban J connectivity index is 1.79. The van der Waals surface area contributed by atoms with Crippen molar-refractivity contribution in [3.8, 4) is 28.8 Å². The molecule has 0 spiro atoms. The van der Waals surface area contributed by atoms with Crippen molar-refractivity contribution >= 4 is 16.9 Å². The van der Waals surface area contributed by atoms with Crippen LogP contribution in [0.3, 0.4) is 0 Å². The van der Waals surface area contributed by atoms with Gasteiger partial charge in [0.05, 0.1) is 10.9 Å². The highest BCUT2D eigenvalue weighted by Gasteiger charge is 2.20. The fourth-order valence-electron chi connectivity index (χ4n) is 3.57. The maximum atomic E-state index is 13.1. The summed E-state index contributed by atoms with van der Waals surface area (Å²) in [6.45, 7) is 3.31. The molecule has 0 radical (unpaired) electrons. The predicted molar refractivity (Wildman–Crippen MR) is 125 cm³/mol. The third kappa shape index (κ3) is 4.13. The van der Waals surface area contributed by atoms with Crippen molar-refractivity contribution in [1.82, 2.24) is 9.88 Å². The molecule has 162 valence electrons. The molecule has 7 nitrogen and oxygen atoms in total. The van der Waals surface area contributed by atoms with E-state index in [-0.39, 0.29) is 17.0 Å². The van der Waals surface area contributed by atoms with Gasteiger partial charge in [0.15, 0.2) is 11.0 Å². The molecule has 32 heavy (non-hydrogen) atoms. The summed E-state index contributed by atoms with van der Waals surface area (Å²) in [4.78, 5) is 19.5. The van der Waals surface area contributed by atoms with E-state index >= 15 is 0 Å². The number of benzene rings is 2. The monoisotopic (exact) mass is 428 g/mol. The van der Waals surface area contributed by atoms with E-state index in [9.17, 15) is 10.1 Å². The second-order valence-corrected chi connectivity index (χ2v) is 7.83. The van der Waals surface area contributed by atoms with Crippen LogP contribution in [0.25, 0.3) is 33.7 Å². The van der Waals surface area contributed by atoms with Gasteiger partial charge in [0.2, 0.25) is 17.5 Å². The molecule has 2 aromatic heterocycles. The van der Waals surface area contributed by atoms with Crippen molar-refractivity contribution in [2.24, 2.45) is 0 Å². The normalized spacial score (nSPS) is 11.1. The molecular formula is C25H24N4O3. The minimum atomic E-state index is -0.110. The summed E-state index contributed by atoms with van der Waals surface area (Å²) in [7, 11) is 4.01. The molecule has 2 aromatic carbocycles. The highest BCUT2D eigenvalue weighted by molar-refractivity contribution is 5.91. The standard InChI is InChI=1S/C25H24N4O3/c1-16-21(30)18-11-7-12-19(23(18)31-22(16)17-9-5-4-6-10-17)24-28-20(15-26)25(32-24)27-13-8-14-29(2)3/h4-7,9-12,27H,8,13-14H2,1-3H3.